The average molecular weight is 237 g/mol. The molecule has 12 heavy (non-hydrogen) atoms. The Bertz CT molecular complexity index is 177. The van der Waals surface area contributed by atoms with E-state index in [4.69, 9.17) is 0 Å². The molecule has 0 fully saturated rings. The average Bonchev–Trinajstić information content (AvgIpc) is 1.90. The van der Waals surface area contributed by atoms with Crippen LogP contribution in [0.5, 0.6) is 0 Å². The van der Waals surface area contributed by atoms with Crippen LogP contribution in [0.15, 0.2) is 36.9 Å². The van der Waals surface area contributed by atoms with Crippen molar-refractivity contribution in [2.45, 2.75) is 0 Å². The summed E-state index contributed by atoms with van der Waals surface area (Å²) in [5, 5.41) is 0. The SMILES string of the molecule is C=Cc1ccccc1.[Al+3].[Cl-].[Cl-].[Cl-]. The topological polar surface area (TPSA) is 0 Å². The van der Waals surface area contributed by atoms with Gasteiger partial charge in [0.05, 0.1) is 0 Å². The third-order valence-electron chi connectivity index (χ3n) is 1.04. The van der Waals surface area contributed by atoms with Crippen LogP contribution >= 0.6 is 0 Å². The molecule has 0 unspecified atom stereocenters. The summed E-state index contributed by atoms with van der Waals surface area (Å²) in [5.41, 5.74) is 1.17. The van der Waals surface area contributed by atoms with E-state index < -0.39 is 0 Å². The zero-order valence-electron chi connectivity index (χ0n) is 6.38. The molecule has 4 heteroatoms. The molecule has 0 aliphatic carbocycles. The van der Waals surface area contributed by atoms with Crippen LogP contribution in [0.1, 0.15) is 5.56 Å². The van der Waals surface area contributed by atoms with Crippen molar-refractivity contribution in [2.24, 2.45) is 0 Å². The molecule has 0 aliphatic heterocycles. The van der Waals surface area contributed by atoms with Gasteiger partial charge in [-0.2, -0.15) is 0 Å². The monoisotopic (exact) mass is 236 g/mol. The molecule has 0 spiro atoms. The van der Waals surface area contributed by atoms with Crippen LogP contribution in [0.2, 0.25) is 0 Å². The van der Waals surface area contributed by atoms with Crippen molar-refractivity contribution < 1.29 is 37.2 Å². The molecule has 0 saturated heterocycles. The molecule has 1 aromatic carbocycles. The van der Waals surface area contributed by atoms with E-state index in [1.807, 2.05) is 36.4 Å². The van der Waals surface area contributed by atoms with Crippen LogP contribution in [0.3, 0.4) is 0 Å². The summed E-state index contributed by atoms with van der Waals surface area (Å²) in [7, 11) is 0. The maximum atomic E-state index is 3.63. The Balaban J connectivity index is -0.0000000800. The Kier molecular flexibility index (Phi) is 26.5. The fourth-order valence-electron chi connectivity index (χ4n) is 0.589. The minimum Gasteiger partial charge on any atom is -1.00 e. The molecule has 0 aliphatic rings. The molecule has 0 radical (unpaired) electrons. The molecule has 0 bridgehead atoms. The molecule has 0 aromatic heterocycles. The second kappa shape index (κ2) is 13.9. The van der Waals surface area contributed by atoms with Crippen molar-refractivity contribution in [1.82, 2.24) is 0 Å². The quantitative estimate of drug-likeness (QED) is 0.426. The first kappa shape index (κ1) is 22.8. The first-order valence-electron chi connectivity index (χ1n) is 2.61. The van der Waals surface area contributed by atoms with E-state index in [0.29, 0.717) is 0 Å². The Morgan fingerprint density at radius 3 is 1.58 bits per heavy atom. The standard InChI is InChI=1S/C8H8.Al.3ClH/c1-2-8-6-4-3-5-7-8;;;;/h2-7H,1H2;;3*1H/q;+3;;;/p-3. The predicted molar refractivity (Wildman–Crippen MR) is 42.3 cm³/mol. The fourth-order valence-corrected chi connectivity index (χ4v) is 0.589. The zero-order chi connectivity index (χ0) is 5.82. The second-order valence-corrected chi connectivity index (χ2v) is 1.61. The van der Waals surface area contributed by atoms with Gasteiger partial charge in [0.25, 0.3) is 0 Å². The number of hydrogen-bond donors (Lipinski definition) is 0. The van der Waals surface area contributed by atoms with Gasteiger partial charge in [-0.15, -0.1) is 0 Å². The molecule has 1 aromatic rings. The van der Waals surface area contributed by atoms with Gasteiger partial charge in [0.2, 0.25) is 0 Å². The van der Waals surface area contributed by atoms with Crippen LogP contribution < -0.4 is 37.2 Å². The van der Waals surface area contributed by atoms with Crippen molar-refractivity contribution in [3.8, 4) is 0 Å². The van der Waals surface area contributed by atoms with Crippen LogP contribution in [-0.4, -0.2) is 17.4 Å². The van der Waals surface area contributed by atoms with E-state index in [1.54, 1.807) is 0 Å². The van der Waals surface area contributed by atoms with Gasteiger partial charge in [-0.1, -0.05) is 43.0 Å². The summed E-state index contributed by atoms with van der Waals surface area (Å²) in [5.74, 6) is 0. The minimum atomic E-state index is 0. The van der Waals surface area contributed by atoms with Gasteiger partial charge in [-0.05, 0) is 5.56 Å². The van der Waals surface area contributed by atoms with Crippen molar-refractivity contribution in [1.29, 1.82) is 0 Å². The maximum Gasteiger partial charge on any atom is 3.00 e. The number of benzene rings is 1. The van der Waals surface area contributed by atoms with E-state index in [0.717, 1.165) is 0 Å². The van der Waals surface area contributed by atoms with Crippen LogP contribution in [-0.2, 0) is 0 Å². The number of hydrogen-bond acceptors (Lipinski definition) is 0. The molecule has 64 valence electrons. The molecule has 0 nitrogen and oxygen atoms in total. The summed E-state index contributed by atoms with van der Waals surface area (Å²) in [4.78, 5) is 0. The largest absolute Gasteiger partial charge is 3.00 e. The van der Waals surface area contributed by atoms with Gasteiger partial charge in [-0.25, -0.2) is 0 Å². The van der Waals surface area contributed by atoms with E-state index in [2.05, 4.69) is 6.58 Å². The Morgan fingerprint density at radius 2 is 1.33 bits per heavy atom. The first-order valence-corrected chi connectivity index (χ1v) is 2.61. The Labute approximate surface area is 103 Å². The normalized spacial score (nSPS) is 5.67. The van der Waals surface area contributed by atoms with Gasteiger partial charge >= 0.3 is 17.4 Å². The van der Waals surface area contributed by atoms with Crippen LogP contribution in [0.4, 0.5) is 0 Å². The summed E-state index contributed by atoms with van der Waals surface area (Å²) in [6, 6.07) is 10.0. The van der Waals surface area contributed by atoms with Gasteiger partial charge in [0, 0.05) is 0 Å². The summed E-state index contributed by atoms with van der Waals surface area (Å²) >= 11 is 0. The molecule has 0 saturated carbocycles. The Morgan fingerprint density at radius 1 is 0.917 bits per heavy atom. The second-order valence-electron chi connectivity index (χ2n) is 1.61. The summed E-state index contributed by atoms with van der Waals surface area (Å²) in [6.07, 6.45) is 1.83. The van der Waals surface area contributed by atoms with Crippen LogP contribution in [0.25, 0.3) is 6.08 Å². The van der Waals surface area contributed by atoms with E-state index in [9.17, 15) is 0 Å². The maximum absolute atomic E-state index is 3.63. The van der Waals surface area contributed by atoms with Crippen molar-refractivity contribution in [2.75, 3.05) is 0 Å². The van der Waals surface area contributed by atoms with Crippen molar-refractivity contribution in [3.63, 3.8) is 0 Å². The summed E-state index contributed by atoms with van der Waals surface area (Å²) in [6.45, 7) is 3.63. The van der Waals surface area contributed by atoms with Crippen molar-refractivity contribution >= 4 is 23.4 Å². The van der Waals surface area contributed by atoms with E-state index >= 15 is 0 Å². The molecule has 0 heterocycles. The molecule has 1 rings (SSSR count). The predicted octanol–water partition coefficient (Wildman–Crippen LogP) is -7.04. The van der Waals surface area contributed by atoms with Gasteiger partial charge < -0.3 is 37.2 Å². The van der Waals surface area contributed by atoms with Crippen LogP contribution in [0, 0.1) is 0 Å². The van der Waals surface area contributed by atoms with E-state index in [1.165, 1.54) is 5.56 Å². The number of rotatable bonds is 1. The summed E-state index contributed by atoms with van der Waals surface area (Å²) < 4.78 is 0. The molecule has 0 atom stereocenters. The fraction of sp³-hybridized carbons (Fsp3) is 0. The molecule has 0 N–H and O–H groups in total. The zero-order valence-corrected chi connectivity index (χ0v) is 9.80. The number of halogens is 3. The molecule has 0 amide bonds. The van der Waals surface area contributed by atoms with Gasteiger partial charge in [0.15, 0.2) is 0 Å². The minimum absolute atomic E-state index is 0. The molecular weight excluding hydrogens is 229 g/mol. The first-order chi connectivity index (χ1) is 3.93. The van der Waals surface area contributed by atoms with E-state index in [-0.39, 0.29) is 54.6 Å². The third-order valence-corrected chi connectivity index (χ3v) is 1.04. The smallest absolute Gasteiger partial charge is 1.00 e. The Hall–Kier alpha value is 0.362. The van der Waals surface area contributed by atoms with Gasteiger partial charge in [0.1, 0.15) is 0 Å². The third kappa shape index (κ3) is 8.46. The van der Waals surface area contributed by atoms with Gasteiger partial charge in [-0.3, -0.25) is 0 Å². The van der Waals surface area contributed by atoms with Crippen molar-refractivity contribution in [3.05, 3.63) is 42.5 Å². The molecular formula is C8H8AlCl3.